The molecule has 2 aromatic rings. The monoisotopic (exact) mass is 456 g/mol. The first-order valence-electron chi connectivity index (χ1n) is 10.8. The summed E-state index contributed by atoms with van der Waals surface area (Å²) in [5.41, 5.74) is 6.98. The second-order valence-corrected chi connectivity index (χ2v) is 10.2. The number of rotatable bonds is 3. The third-order valence-corrected chi connectivity index (χ3v) is 7.65. The summed E-state index contributed by atoms with van der Waals surface area (Å²) in [6, 6.07) is 19.0. The van der Waals surface area contributed by atoms with Gasteiger partial charge in [-0.3, -0.25) is 9.69 Å². The van der Waals surface area contributed by atoms with Crippen LogP contribution in [0.25, 0.3) is 5.57 Å². The highest BCUT2D eigenvalue weighted by molar-refractivity contribution is 8.26. The number of benzene rings is 2. The van der Waals surface area contributed by atoms with Crippen LogP contribution in [-0.2, 0) is 10.2 Å². The minimum absolute atomic E-state index is 0.0136. The molecule has 2 aromatic carbocycles. The molecule has 0 radical (unpaired) electrons. The van der Waals surface area contributed by atoms with Gasteiger partial charge in [-0.25, -0.2) is 0 Å². The minimum Gasteiger partial charge on any atom is -0.313 e. The van der Waals surface area contributed by atoms with E-state index < -0.39 is 0 Å². The first-order valence-corrected chi connectivity index (χ1v) is 12.0. The molecule has 1 amide bonds. The third-order valence-electron chi connectivity index (χ3n) is 6.26. The highest BCUT2D eigenvalue weighted by Crippen LogP contribution is 2.52. The van der Waals surface area contributed by atoms with Gasteiger partial charge in [0.2, 0.25) is 0 Å². The molecule has 5 rings (SSSR count). The highest BCUT2D eigenvalue weighted by Gasteiger charge is 2.42. The van der Waals surface area contributed by atoms with E-state index in [4.69, 9.17) is 12.2 Å². The molecule has 0 spiro atoms. The maximum atomic E-state index is 12.7. The average Bonchev–Trinajstić information content (AvgIpc) is 3.22. The normalized spacial score (nSPS) is 21.7. The first kappa shape index (κ1) is 21.0. The van der Waals surface area contributed by atoms with E-state index in [1.807, 2.05) is 19.1 Å². The number of carbonyl (C=O) groups is 1. The lowest BCUT2D eigenvalue weighted by Crippen LogP contribution is -2.27. The number of nitrogens with zero attached hydrogens (tertiary/aromatic N) is 2. The molecule has 0 saturated carbocycles. The van der Waals surface area contributed by atoms with E-state index in [0.29, 0.717) is 15.8 Å². The first-order chi connectivity index (χ1) is 15.4. The Labute approximate surface area is 198 Å². The topological polar surface area (TPSA) is 23.6 Å². The van der Waals surface area contributed by atoms with Crippen LogP contribution in [-0.4, -0.2) is 21.7 Å². The minimum atomic E-state index is -0.129. The molecule has 3 aliphatic heterocycles. The van der Waals surface area contributed by atoms with Crippen molar-refractivity contribution in [3.05, 3.63) is 106 Å². The molecule has 32 heavy (non-hydrogen) atoms. The van der Waals surface area contributed by atoms with Gasteiger partial charge in [-0.2, -0.15) is 0 Å². The van der Waals surface area contributed by atoms with Crippen LogP contribution in [0.15, 0.2) is 95.2 Å². The smallest absolute Gasteiger partial charge is 0.266 e. The van der Waals surface area contributed by atoms with E-state index in [2.05, 4.69) is 85.5 Å². The fourth-order valence-electron chi connectivity index (χ4n) is 4.55. The summed E-state index contributed by atoms with van der Waals surface area (Å²) in [4.78, 5) is 17.3. The summed E-state index contributed by atoms with van der Waals surface area (Å²) >= 11 is 6.75. The molecule has 0 aliphatic carbocycles. The Morgan fingerprint density at radius 1 is 1.00 bits per heavy atom. The Bertz CT molecular complexity index is 1250. The van der Waals surface area contributed by atoms with Crippen LogP contribution in [0.2, 0.25) is 0 Å². The lowest BCUT2D eigenvalue weighted by atomic mass is 9.82. The van der Waals surface area contributed by atoms with Crippen molar-refractivity contribution >= 4 is 45.5 Å². The largest absolute Gasteiger partial charge is 0.313 e. The lowest BCUT2D eigenvalue weighted by Gasteiger charge is -2.31. The molecule has 0 N–H and O–H groups in total. The molecule has 0 bridgehead atoms. The molecule has 0 atom stereocenters. The van der Waals surface area contributed by atoms with Gasteiger partial charge in [0.05, 0.1) is 4.91 Å². The number of para-hydroxylation sites is 1. The maximum absolute atomic E-state index is 12.7. The van der Waals surface area contributed by atoms with Gasteiger partial charge in [-0.1, -0.05) is 86.4 Å². The second kappa shape index (κ2) is 7.91. The van der Waals surface area contributed by atoms with Crippen molar-refractivity contribution in [2.24, 2.45) is 0 Å². The molecule has 1 saturated heterocycles. The van der Waals surface area contributed by atoms with Crippen LogP contribution in [0, 0.1) is 0 Å². The summed E-state index contributed by atoms with van der Waals surface area (Å²) in [7, 11) is 0. The van der Waals surface area contributed by atoms with Crippen molar-refractivity contribution in [3.63, 3.8) is 0 Å². The van der Waals surface area contributed by atoms with Crippen molar-refractivity contribution in [2.45, 2.75) is 26.2 Å². The fourth-order valence-corrected chi connectivity index (χ4v) is 5.87. The van der Waals surface area contributed by atoms with E-state index in [-0.39, 0.29) is 11.3 Å². The zero-order valence-corrected chi connectivity index (χ0v) is 20.0. The summed E-state index contributed by atoms with van der Waals surface area (Å²) in [6.45, 7) is 7.09. The zero-order valence-electron chi connectivity index (χ0n) is 18.3. The summed E-state index contributed by atoms with van der Waals surface area (Å²) in [6.07, 6.45) is 8.47. The Hall–Kier alpha value is -2.89. The van der Waals surface area contributed by atoms with Crippen molar-refractivity contribution < 1.29 is 4.79 Å². The average molecular weight is 457 g/mol. The van der Waals surface area contributed by atoms with Crippen LogP contribution in [0.4, 0.5) is 5.69 Å². The van der Waals surface area contributed by atoms with Gasteiger partial charge < -0.3 is 4.90 Å². The summed E-state index contributed by atoms with van der Waals surface area (Å²) < 4.78 is 0.625. The number of fused-ring (bicyclic) bond motifs is 3. The molecule has 1 fully saturated rings. The molecular weight excluding hydrogens is 432 g/mol. The SMILES string of the molecule is CCN1C(=O)C(=CC=C2C=C(c3ccccc3)C=C3N2c2ccccc2C3(C)C)SC1=S. The number of hydrogen-bond donors (Lipinski definition) is 0. The Balaban J connectivity index is 1.65. The molecular formula is C27H24N2OS2. The summed E-state index contributed by atoms with van der Waals surface area (Å²) in [5, 5.41) is 0. The number of allylic oxidation sites excluding steroid dienone is 6. The predicted molar refractivity (Wildman–Crippen MR) is 138 cm³/mol. The number of amides is 1. The van der Waals surface area contributed by atoms with E-state index in [0.717, 1.165) is 5.70 Å². The molecule has 0 aromatic heterocycles. The molecule has 3 nitrogen and oxygen atoms in total. The maximum Gasteiger partial charge on any atom is 0.266 e. The highest BCUT2D eigenvalue weighted by atomic mass is 32.2. The van der Waals surface area contributed by atoms with E-state index in [9.17, 15) is 4.79 Å². The Morgan fingerprint density at radius 2 is 1.72 bits per heavy atom. The lowest BCUT2D eigenvalue weighted by molar-refractivity contribution is -0.122. The van der Waals surface area contributed by atoms with Crippen LogP contribution in [0.3, 0.4) is 0 Å². The molecule has 5 heteroatoms. The van der Waals surface area contributed by atoms with E-state index >= 15 is 0 Å². The van der Waals surface area contributed by atoms with Gasteiger partial charge in [0.1, 0.15) is 4.32 Å². The van der Waals surface area contributed by atoms with Crippen molar-refractivity contribution in [3.8, 4) is 0 Å². The van der Waals surface area contributed by atoms with Crippen LogP contribution in [0.5, 0.6) is 0 Å². The number of likely N-dealkylation sites (N-methyl/N-ethyl adjacent to an activating group) is 1. The van der Waals surface area contributed by atoms with Crippen molar-refractivity contribution in [1.29, 1.82) is 0 Å². The third kappa shape index (κ3) is 3.28. The van der Waals surface area contributed by atoms with Gasteiger partial charge in [0.25, 0.3) is 5.91 Å². The number of thiocarbonyl (C=S) groups is 1. The standard InChI is InChI=1S/C27H24N2OS2/c1-4-28-25(30)23(32-26(28)31)15-14-20-16-19(18-10-6-5-7-11-18)17-24-27(2,3)21-12-8-9-13-22(21)29(20)24/h5-17H,4H2,1-3H3. The van der Waals surface area contributed by atoms with Gasteiger partial charge in [-0.15, -0.1) is 0 Å². The molecule has 3 aliphatic rings. The quantitative estimate of drug-likeness (QED) is 0.393. The molecule has 160 valence electrons. The molecule has 3 heterocycles. The summed E-state index contributed by atoms with van der Waals surface area (Å²) in [5.74, 6) is -0.0136. The molecule has 0 unspecified atom stereocenters. The van der Waals surface area contributed by atoms with Crippen molar-refractivity contribution in [1.82, 2.24) is 4.90 Å². The van der Waals surface area contributed by atoms with Gasteiger partial charge in [-0.05, 0) is 54.0 Å². The van der Waals surface area contributed by atoms with Gasteiger partial charge >= 0.3 is 0 Å². The zero-order chi connectivity index (χ0) is 22.5. The van der Waals surface area contributed by atoms with Crippen molar-refractivity contribution in [2.75, 3.05) is 11.4 Å². The number of carbonyl (C=O) groups excluding carboxylic acids is 1. The number of hydrogen-bond acceptors (Lipinski definition) is 4. The van der Waals surface area contributed by atoms with Crippen LogP contribution < -0.4 is 4.90 Å². The van der Waals surface area contributed by atoms with Gasteiger partial charge in [0, 0.05) is 29.0 Å². The number of thioether (sulfide) groups is 1. The Morgan fingerprint density at radius 3 is 2.44 bits per heavy atom. The van der Waals surface area contributed by atoms with Gasteiger partial charge in [0.15, 0.2) is 0 Å². The second-order valence-electron chi connectivity index (χ2n) is 8.51. The van der Waals surface area contributed by atoms with E-state index in [1.165, 1.54) is 39.8 Å². The van der Waals surface area contributed by atoms with E-state index in [1.54, 1.807) is 4.90 Å². The van der Waals surface area contributed by atoms with Crippen LogP contribution >= 0.6 is 24.0 Å². The number of anilines is 1. The Kier molecular flexibility index (Phi) is 5.19. The van der Waals surface area contributed by atoms with Crippen LogP contribution in [0.1, 0.15) is 31.9 Å². The fraction of sp³-hybridized carbons (Fsp3) is 0.185. The predicted octanol–water partition coefficient (Wildman–Crippen LogP) is 6.41.